The maximum Gasteiger partial charge on any atom is 0.349 e. The highest BCUT2D eigenvalue weighted by Crippen LogP contribution is 2.21. The van der Waals surface area contributed by atoms with Crippen molar-refractivity contribution in [3.63, 3.8) is 0 Å². The number of carbonyl (C=O) groups excluding carboxylic acids is 1. The third-order valence-corrected chi connectivity index (χ3v) is 4.18. The summed E-state index contributed by atoms with van der Waals surface area (Å²) in [4.78, 5) is 12.5. The van der Waals surface area contributed by atoms with Crippen molar-refractivity contribution >= 4 is 28.9 Å². The van der Waals surface area contributed by atoms with E-state index in [4.69, 9.17) is 20.8 Å². The zero-order valence-corrected chi connectivity index (χ0v) is 13.1. The Morgan fingerprint density at radius 1 is 1.27 bits per heavy atom. The molecule has 0 saturated carbocycles. The van der Waals surface area contributed by atoms with Crippen LogP contribution in [0.2, 0.25) is 5.02 Å². The van der Waals surface area contributed by atoms with Crippen molar-refractivity contribution in [3.05, 3.63) is 57.1 Å². The van der Waals surface area contributed by atoms with Crippen LogP contribution in [0.5, 0.6) is 0 Å². The number of aryl methyl sites for hydroxylation is 1. The molecule has 22 heavy (non-hydrogen) atoms. The molecule has 1 aromatic carbocycles. The second kappa shape index (κ2) is 6.29. The first-order valence-electron chi connectivity index (χ1n) is 6.43. The van der Waals surface area contributed by atoms with E-state index in [0.29, 0.717) is 15.8 Å². The molecule has 0 bridgehead atoms. The van der Waals surface area contributed by atoms with Crippen LogP contribution in [0, 0.1) is 6.92 Å². The molecule has 0 atom stereocenters. The van der Waals surface area contributed by atoms with Crippen LogP contribution in [-0.2, 0) is 11.3 Å². The van der Waals surface area contributed by atoms with Crippen LogP contribution in [0.4, 0.5) is 0 Å². The van der Waals surface area contributed by atoms with E-state index >= 15 is 0 Å². The highest BCUT2D eigenvalue weighted by molar-refractivity contribution is 7.12. The molecule has 0 saturated heterocycles. The Morgan fingerprint density at radius 2 is 2.05 bits per heavy atom. The minimum atomic E-state index is -0.390. The first-order chi connectivity index (χ1) is 10.6. The van der Waals surface area contributed by atoms with Crippen molar-refractivity contribution in [1.29, 1.82) is 0 Å². The second-order valence-corrected chi connectivity index (χ2v) is 5.87. The summed E-state index contributed by atoms with van der Waals surface area (Å²) in [5, 5.41) is 10.3. The number of thiophene rings is 1. The fourth-order valence-corrected chi connectivity index (χ4v) is 2.74. The van der Waals surface area contributed by atoms with Gasteiger partial charge in [0.05, 0.1) is 0 Å². The van der Waals surface area contributed by atoms with Gasteiger partial charge in [0, 0.05) is 10.6 Å². The summed E-state index contributed by atoms with van der Waals surface area (Å²) in [6, 6.07) is 8.90. The third kappa shape index (κ3) is 3.18. The van der Waals surface area contributed by atoms with E-state index < -0.39 is 5.97 Å². The molecule has 0 amide bonds. The largest absolute Gasteiger partial charge is 0.451 e. The lowest BCUT2D eigenvalue weighted by molar-refractivity contribution is 0.0444. The molecule has 0 fully saturated rings. The predicted octanol–water partition coefficient (Wildman–Crippen LogP) is 4.12. The van der Waals surface area contributed by atoms with Crippen LogP contribution >= 0.6 is 22.9 Å². The molecule has 2 aromatic heterocycles. The van der Waals surface area contributed by atoms with E-state index in [-0.39, 0.29) is 12.5 Å². The number of ether oxygens (including phenoxy) is 1. The van der Waals surface area contributed by atoms with Crippen LogP contribution in [-0.4, -0.2) is 16.2 Å². The second-order valence-electron chi connectivity index (χ2n) is 4.52. The van der Waals surface area contributed by atoms with E-state index in [1.54, 1.807) is 24.3 Å². The average Bonchev–Trinajstić information content (AvgIpc) is 3.14. The van der Waals surface area contributed by atoms with Gasteiger partial charge in [-0.15, -0.1) is 21.5 Å². The van der Waals surface area contributed by atoms with Gasteiger partial charge < -0.3 is 9.15 Å². The van der Waals surface area contributed by atoms with Gasteiger partial charge >= 0.3 is 5.97 Å². The summed E-state index contributed by atoms with van der Waals surface area (Å²) in [6.45, 7) is 1.80. The molecule has 3 aromatic rings. The highest BCUT2D eigenvalue weighted by atomic mass is 35.5. The van der Waals surface area contributed by atoms with Gasteiger partial charge in [-0.25, -0.2) is 4.79 Å². The maximum atomic E-state index is 11.9. The molecule has 3 rings (SSSR count). The van der Waals surface area contributed by atoms with Crippen LogP contribution in [0.3, 0.4) is 0 Å². The Bertz CT molecular complexity index is 795. The van der Waals surface area contributed by atoms with Crippen molar-refractivity contribution in [2.24, 2.45) is 0 Å². The molecule has 7 heteroatoms. The topological polar surface area (TPSA) is 65.2 Å². The van der Waals surface area contributed by atoms with Gasteiger partial charge in [0.15, 0.2) is 6.61 Å². The Kier molecular flexibility index (Phi) is 4.22. The molecular formula is C15H11ClN2O3S. The number of benzene rings is 1. The van der Waals surface area contributed by atoms with Gasteiger partial charge in [0.25, 0.3) is 5.89 Å². The molecule has 0 unspecified atom stereocenters. The summed E-state index contributed by atoms with van der Waals surface area (Å²) < 4.78 is 10.6. The van der Waals surface area contributed by atoms with E-state index in [1.165, 1.54) is 11.3 Å². The van der Waals surface area contributed by atoms with Crippen LogP contribution < -0.4 is 0 Å². The molecule has 0 N–H and O–H groups in total. The lowest BCUT2D eigenvalue weighted by Gasteiger charge is -2.00. The smallest absolute Gasteiger partial charge is 0.349 e. The van der Waals surface area contributed by atoms with Crippen LogP contribution in [0.15, 0.2) is 40.1 Å². The normalized spacial score (nSPS) is 10.6. The van der Waals surface area contributed by atoms with Crippen molar-refractivity contribution in [2.75, 3.05) is 0 Å². The van der Waals surface area contributed by atoms with Gasteiger partial charge in [0.2, 0.25) is 5.89 Å². The summed E-state index contributed by atoms with van der Waals surface area (Å²) in [7, 11) is 0. The van der Waals surface area contributed by atoms with Gasteiger partial charge in [-0.1, -0.05) is 11.6 Å². The van der Waals surface area contributed by atoms with Gasteiger partial charge in [0.1, 0.15) is 4.88 Å². The van der Waals surface area contributed by atoms with E-state index in [2.05, 4.69) is 10.2 Å². The first kappa shape index (κ1) is 14.7. The third-order valence-electron chi connectivity index (χ3n) is 2.93. The SMILES string of the molecule is Cc1ccsc1C(=O)OCc1nnc(-c2ccc(Cl)cc2)o1. The quantitative estimate of drug-likeness (QED) is 0.671. The lowest BCUT2D eigenvalue weighted by Crippen LogP contribution is -2.04. The molecule has 0 aliphatic heterocycles. The fraction of sp³-hybridized carbons (Fsp3) is 0.133. The minimum absolute atomic E-state index is 0.0588. The molecular weight excluding hydrogens is 324 g/mol. The minimum Gasteiger partial charge on any atom is -0.451 e. The fourth-order valence-electron chi connectivity index (χ4n) is 1.80. The summed E-state index contributed by atoms with van der Waals surface area (Å²) in [5.41, 5.74) is 1.64. The van der Waals surface area contributed by atoms with Gasteiger partial charge in [-0.3, -0.25) is 0 Å². The number of nitrogens with zero attached hydrogens (tertiary/aromatic N) is 2. The molecule has 0 radical (unpaired) electrons. The van der Waals surface area contributed by atoms with Crippen molar-refractivity contribution in [2.45, 2.75) is 13.5 Å². The van der Waals surface area contributed by atoms with Crippen molar-refractivity contribution in [1.82, 2.24) is 10.2 Å². The lowest BCUT2D eigenvalue weighted by atomic mass is 10.2. The van der Waals surface area contributed by atoms with Gasteiger partial charge in [-0.05, 0) is 48.2 Å². The average molecular weight is 335 g/mol. The Balaban J connectivity index is 1.66. The predicted molar refractivity (Wildman–Crippen MR) is 82.9 cm³/mol. The van der Waals surface area contributed by atoms with E-state index in [9.17, 15) is 4.79 Å². The maximum absolute atomic E-state index is 11.9. The van der Waals surface area contributed by atoms with Crippen LogP contribution in [0.25, 0.3) is 11.5 Å². The Labute approximate surface area is 135 Å². The van der Waals surface area contributed by atoms with Crippen molar-refractivity contribution < 1.29 is 13.9 Å². The Hall–Kier alpha value is -2.18. The van der Waals surface area contributed by atoms with E-state index in [1.807, 2.05) is 18.4 Å². The summed E-state index contributed by atoms with van der Waals surface area (Å²) in [5.74, 6) is 0.210. The number of halogens is 1. The zero-order chi connectivity index (χ0) is 15.5. The number of hydrogen-bond acceptors (Lipinski definition) is 6. The van der Waals surface area contributed by atoms with Gasteiger partial charge in [-0.2, -0.15) is 0 Å². The molecule has 0 aliphatic carbocycles. The zero-order valence-electron chi connectivity index (χ0n) is 11.6. The highest BCUT2D eigenvalue weighted by Gasteiger charge is 2.14. The summed E-state index contributed by atoms with van der Waals surface area (Å²) in [6.07, 6.45) is 0. The molecule has 112 valence electrons. The number of aromatic nitrogens is 2. The first-order valence-corrected chi connectivity index (χ1v) is 7.69. The molecule has 0 aliphatic rings. The number of carbonyl (C=O) groups is 1. The number of esters is 1. The molecule has 0 spiro atoms. The monoisotopic (exact) mass is 334 g/mol. The number of hydrogen-bond donors (Lipinski definition) is 0. The summed E-state index contributed by atoms with van der Waals surface area (Å²) >= 11 is 7.17. The number of rotatable bonds is 4. The molecule has 5 nitrogen and oxygen atoms in total. The van der Waals surface area contributed by atoms with Crippen molar-refractivity contribution in [3.8, 4) is 11.5 Å². The van der Waals surface area contributed by atoms with Crippen LogP contribution in [0.1, 0.15) is 21.1 Å². The Morgan fingerprint density at radius 3 is 2.73 bits per heavy atom. The van der Waals surface area contributed by atoms with E-state index in [0.717, 1.165) is 11.1 Å². The standard InChI is InChI=1S/C15H11ClN2O3S/c1-9-6-7-22-13(9)15(19)20-8-12-17-18-14(21-12)10-2-4-11(16)5-3-10/h2-7H,8H2,1H3. The molecule has 2 heterocycles.